The second kappa shape index (κ2) is 16.2. The van der Waals surface area contributed by atoms with Crippen LogP contribution in [0.2, 0.25) is 10.0 Å². The predicted octanol–water partition coefficient (Wildman–Crippen LogP) is 7.09. The fourth-order valence-electron chi connectivity index (χ4n) is 6.74. The van der Waals surface area contributed by atoms with Gasteiger partial charge in [0, 0.05) is 18.5 Å². The van der Waals surface area contributed by atoms with Crippen molar-refractivity contribution in [3.8, 4) is 11.5 Å². The van der Waals surface area contributed by atoms with Gasteiger partial charge in [-0.05, 0) is 72.8 Å². The molecule has 3 saturated heterocycles. The molecule has 1 aromatic heterocycles. The number of ether oxygens (including phenoxy) is 4. The number of anilines is 1. The first-order chi connectivity index (χ1) is 24.6. The predicted molar refractivity (Wildman–Crippen MR) is 190 cm³/mol. The van der Waals surface area contributed by atoms with Gasteiger partial charge in [-0.3, -0.25) is 14.6 Å². The molecule has 2 atom stereocenters. The third-order valence-corrected chi connectivity index (χ3v) is 10.0. The number of hydrogen-bond donors (Lipinski definition) is 0. The van der Waals surface area contributed by atoms with Gasteiger partial charge >= 0.3 is 12.1 Å². The topological polar surface area (TPSA) is 104 Å². The summed E-state index contributed by atoms with van der Waals surface area (Å²) in [6.45, 7) is 2.68. The maximum atomic E-state index is 15.1. The quantitative estimate of drug-likeness (QED) is 0.0863. The van der Waals surface area contributed by atoms with E-state index in [4.69, 9.17) is 42.1 Å². The maximum Gasteiger partial charge on any atom is 0.415 e. The van der Waals surface area contributed by atoms with Crippen molar-refractivity contribution in [3.63, 3.8) is 0 Å². The summed E-state index contributed by atoms with van der Waals surface area (Å²) in [7, 11) is 3.01. The van der Waals surface area contributed by atoms with Gasteiger partial charge in [-0.2, -0.15) is 4.73 Å². The van der Waals surface area contributed by atoms with Gasteiger partial charge in [0.05, 0.1) is 32.9 Å². The third kappa shape index (κ3) is 8.66. The lowest BCUT2D eigenvalue weighted by atomic mass is 9.86. The van der Waals surface area contributed by atoms with Crippen molar-refractivity contribution in [3.05, 3.63) is 122 Å². The summed E-state index contributed by atoms with van der Waals surface area (Å²) in [5.74, 6) is 0.103. The van der Waals surface area contributed by atoms with Gasteiger partial charge in [-0.15, -0.1) is 0 Å². The lowest BCUT2D eigenvalue weighted by Gasteiger charge is -2.44. The summed E-state index contributed by atoms with van der Waals surface area (Å²) in [5.41, 5.74) is 2.40. The second-order valence-electron chi connectivity index (χ2n) is 12.7. The molecule has 1 amide bonds. The zero-order valence-electron chi connectivity index (χ0n) is 28.2. The first kappa shape index (κ1) is 36.2. The molecule has 1 unspecified atom stereocenters. The molecule has 51 heavy (non-hydrogen) atoms. The van der Waals surface area contributed by atoms with Gasteiger partial charge in [0.2, 0.25) is 0 Å². The van der Waals surface area contributed by atoms with Crippen LogP contribution in [0.15, 0.2) is 79.1 Å². The van der Waals surface area contributed by atoms with Crippen LogP contribution in [0.25, 0.3) is 0 Å². The zero-order valence-corrected chi connectivity index (χ0v) is 29.7. The van der Waals surface area contributed by atoms with Crippen molar-refractivity contribution in [1.82, 2.24) is 4.90 Å². The number of para-hydroxylation sites is 1. The smallest absolute Gasteiger partial charge is 0.415 e. The highest BCUT2D eigenvalue weighted by Crippen LogP contribution is 2.36. The van der Waals surface area contributed by atoms with Crippen LogP contribution < -0.4 is 19.1 Å². The van der Waals surface area contributed by atoms with Gasteiger partial charge in [-0.25, -0.2) is 9.18 Å². The number of halogens is 3. The van der Waals surface area contributed by atoms with Gasteiger partial charge in [0.25, 0.3) is 0 Å². The van der Waals surface area contributed by atoms with Gasteiger partial charge in [0.1, 0.15) is 28.1 Å². The largest absolute Gasteiger partial charge is 0.619 e. The van der Waals surface area contributed by atoms with Crippen molar-refractivity contribution in [2.45, 2.75) is 44.4 Å². The molecule has 3 fully saturated rings. The van der Waals surface area contributed by atoms with Crippen LogP contribution >= 0.6 is 23.2 Å². The molecule has 0 spiro atoms. The van der Waals surface area contributed by atoms with Crippen LogP contribution in [0.4, 0.5) is 14.9 Å². The van der Waals surface area contributed by atoms with Crippen molar-refractivity contribution in [2.75, 3.05) is 38.8 Å². The van der Waals surface area contributed by atoms with E-state index < -0.39 is 24.0 Å². The normalized spacial score (nSPS) is 18.5. The van der Waals surface area contributed by atoms with E-state index in [1.54, 1.807) is 60.7 Å². The molecule has 2 bridgehead atoms. The van der Waals surface area contributed by atoms with Crippen molar-refractivity contribution in [1.29, 1.82) is 0 Å². The number of fused-ring (bicyclic) bond motifs is 3. The van der Waals surface area contributed by atoms with Crippen LogP contribution in [0.3, 0.4) is 0 Å². The lowest BCUT2D eigenvalue weighted by Crippen LogP contribution is -2.53. The summed E-state index contributed by atoms with van der Waals surface area (Å²) in [6.07, 6.45) is 2.51. The standard InChI is InChI=1S/C38H38Cl2FN3O7/c1-48-33-11-10-27(18-35(33)49-2)34(19-28-29(39)21-43(47)22-30(28)40)50-37(45)17-24-6-5-7-25(16-24)20-44(32-9-4-3-8-31(32)41)38(46)51-36-23-42-14-12-26(36)13-15-42/h3-11,16,18,21-22,26,34,36H,12-15,17,19-20,23H2,1-2H3/t34?,36-/m0/s1. The van der Waals surface area contributed by atoms with E-state index >= 15 is 4.39 Å². The number of esters is 1. The first-order valence-corrected chi connectivity index (χ1v) is 17.4. The molecule has 4 aromatic rings. The SMILES string of the molecule is COc1ccc(C(Cc2c(Cl)c[n+]([O-])cc2Cl)OC(=O)Cc2cccc(CN(C(=O)O[C@H]3CN4CCC3CC4)c3ccccc3F)c2)cc1OC. The number of pyridine rings is 1. The van der Waals surface area contributed by atoms with Crippen molar-refractivity contribution in [2.24, 2.45) is 5.92 Å². The maximum absolute atomic E-state index is 15.1. The van der Waals surface area contributed by atoms with E-state index in [1.807, 2.05) is 0 Å². The molecule has 13 heteroatoms. The number of benzene rings is 3. The summed E-state index contributed by atoms with van der Waals surface area (Å²) in [4.78, 5) is 30.8. The molecular weight excluding hydrogens is 700 g/mol. The molecule has 7 rings (SSSR count). The van der Waals surface area contributed by atoms with Gasteiger partial charge in [-0.1, -0.05) is 65.7 Å². The Morgan fingerprint density at radius 2 is 1.67 bits per heavy atom. The fourth-order valence-corrected chi connectivity index (χ4v) is 7.33. The molecule has 3 aromatic carbocycles. The van der Waals surface area contributed by atoms with Crippen molar-refractivity contribution < 1.29 is 37.7 Å². The van der Waals surface area contributed by atoms with Crippen LogP contribution in [-0.2, 0) is 33.7 Å². The number of carbonyl (C=O) groups is 2. The van der Waals surface area contributed by atoms with E-state index in [2.05, 4.69) is 4.90 Å². The summed E-state index contributed by atoms with van der Waals surface area (Å²) >= 11 is 12.8. The van der Waals surface area contributed by atoms with E-state index in [1.165, 1.54) is 37.6 Å². The lowest BCUT2D eigenvalue weighted by molar-refractivity contribution is -0.605. The Morgan fingerprint density at radius 3 is 2.33 bits per heavy atom. The number of hydrogen-bond acceptors (Lipinski definition) is 8. The number of aromatic nitrogens is 1. The van der Waals surface area contributed by atoms with Crippen LogP contribution in [0, 0.1) is 16.9 Å². The Morgan fingerprint density at radius 1 is 0.961 bits per heavy atom. The molecule has 4 heterocycles. The highest BCUT2D eigenvalue weighted by Gasteiger charge is 2.38. The van der Waals surface area contributed by atoms with Gasteiger partial charge < -0.3 is 24.2 Å². The van der Waals surface area contributed by atoms with E-state index in [9.17, 15) is 14.8 Å². The summed E-state index contributed by atoms with van der Waals surface area (Å²) in [6, 6.07) is 18.3. The minimum atomic E-state index is -0.865. The summed E-state index contributed by atoms with van der Waals surface area (Å²) in [5, 5.41) is 12.1. The summed E-state index contributed by atoms with van der Waals surface area (Å²) < 4.78 is 38.5. The Bertz CT molecular complexity index is 1870. The zero-order chi connectivity index (χ0) is 36.1. The molecule has 3 aliphatic heterocycles. The minimum Gasteiger partial charge on any atom is -0.619 e. The van der Waals surface area contributed by atoms with E-state index in [-0.39, 0.29) is 47.1 Å². The molecule has 0 radical (unpaired) electrons. The van der Waals surface area contributed by atoms with Crippen molar-refractivity contribution >= 4 is 41.0 Å². The molecule has 0 N–H and O–H groups in total. The number of nitrogens with zero attached hydrogens (tertiary/aromatic N) is 3. The molecular formula is C38H38Cl2FN3O7. The number of rotatable bonds is 12. The highest BCUT2D eigenvalue weighted by molar-refractivity contribution is 6.35. The minimum absolute atomic E-state index is 0.0166. The fraction of sp³-hybridized carbons (Fsp3) is 0.342. The van der Waals surface area contributed by atoms with Crippen LogP contribution in [0.1, 0.15) is 41.2 Å². The van der Waals surface area contributed by atoms with E-state index in [0.717, 1.165) is 25.9 Å². The van der Waals surface area contributed by atoms with Crippen LogP contribution in [-0.4, -0.2) is 56.9 Å². The number of carbonyl (C=O) groups excluding carboxylic acids is 2. The molecule has 0 saturated carbocycles. The number of methoxy groups -OCH3 is 2. The molecule has 268 valence electrons. The second-order valence-corrected chi connectivity index (χ2v) is 13.5. The monoisotopic (exact) mass is 737 g/mol. The average molecular weight is 739 g/mol. The first-order valence-electron chi connectivity index (χ1n) is 16.6. The highest BCUT2D eigenvalue weighted by atomic mass is 35.5. The average Bonchev–Trinajstić information content (AvgIpc) is 3.12. The molecule has 0 aliphatic carbocycles. The van der Waals surface area contributed by atoms with E-state index in [0.29, 0.717) is 45.0 Å². The van der Waals surface area contributed by atoms with Gasteiger partial charge in [0.15, 0.2) is 23.9 Å². The number of amides is 1. The third-order valence-electron chi connectivity index (χ3n) is 9.39. The Kier molecular flexibility index (Phi) is 11.5. The van der Waals surface area contributed by atoms with Crippen LogP contribution in [0.5, 0.6) is 11.5 Å². The number of piperidine rings is 3. The molecule has 3 aliphatic rings. The Hall–Kier alpha value is -4.58. The Balaban J connectivity index is 1.21. The Labute approximate surface area is 305 Å². The molecule has 10 nitrogen and oxygen atoms in total.